The molecule has 0 unspecified atom stereocenters. The molecule has 190 valence electrons. The lowest BCUT2D eigenvalue weighted by Crippen LogP contribution is -2.07. The van der Waals surface area contributed by atoms with E-state index in [2.05, 4.69) is 20.3 Å². The van der Waals surface area contributed by atoms with E-state index in [9.17, 15) is 13.2 Å². The summed E-state index contributed by atoms with van der Waals surface area (Å²) in [5, 5.41) is 3.31. The number of para-hydroxylation sites is 2. The summed E-state index contributed by atoms with van der Waals surface area (Å²) in [4.78, 5) is 21.9. The maximum Gasteiger partial charge on any atom is 0.416 e. The van der Waals surface area contributed by atoms with Gasteiger partial charge in [-0.2, -0.15) is 13.2 Å². The number of benzene rings is 3. The van der Waals surface area contributed by atoms with Crippen LogP contribution >= 0.6 is 0 Å². The van der Waals surface area contributed by atoms with Crippen LogP contribution in [-0.2, 0) is 19.3 Å². The van der Waals surface area contributed by atoms with Crippen molar-refractivity contribution in [3.8, 4) is 11.4 Å². The number of aromatic amines is 1. The lowest BCUT2D eigenvalue weighted by molar-refractivity contribution is -0.137. The maximum absolute atomic E-state index is 13.0. The quantitative estimate of drug-likeness (QED) is 0.249. The van der Waals surface area contributed by atoms with Crippen LogP contribution < -0.4 is 11.1 Å². The van der Waals surface area contributed by atoms with Gasteiger partial charge in [-0.15, -0.1) is 0 Å². The van der Waals surface area contributed by atoms with Gasteiger partial charge in [0.05, 0.1) is 36.0 Å². The van der Waals surface area contributed by atoms with Gasteiger partial charge in [0.2, 0.25) is 0 Å². The van der Waals surface area contributed by atoms with Crippen molar-refractivity contribution in [3.63, 3.8) is 0 Å². The van der Waals surface area contributed by atoms with E-state index in [1.54, 1.807) is 23.0 Å². The van der Waals surface area contributed by atoms with Crippen LogP contribution in [0.2, 0.25) is 0 Å². The molecule has 0 aliphatic heterocycles. The largest absolute Gasteiger partial charge is 0.416 e. The average molecular weight is 515 g/mol. The monoisotopic (exact) mass is 514 g/mol. The zero-order chi connectivity index (χ0) is 26.3. The van der Waals surface area contributed by atoms with E-state index in [0.29, 0.717) is 40.6 Å². The third-order valence-electron chi connectivity index (χ3n) is 6.10. The summed E-state index contributed by atoms with van der Waals surface area (Å²) in [5.74, 6) is 1.66. The molecule has 4 N–H and O–H groups in total. The van der Waals surface area contributed by atoms with Crippen molar-refractivity contribution in [2.24, 2.45) is 0 Å². The molecule has 3 heterocycles. The fourth-order valence-electron chi connectivity index (χ4n) is 4.24. The molecule has 0 bridgehead atoms. The molecule has 0 fully saturated rings. The Balaban J connectivity index is 1.37. The molecule has 8 nitrogen and oxygen atoms in total. The predicted molar refractivity (Wildman–Crippen MR) is 139 cm³/mol. The number of halogens is 3. The second kappa shape index (κ2) is 9.18. The zero-order valence-electron chi connectivity index (χ0n) is 19.9. The molecule has 0 saturated carbocycles. The van der Waals surface area contributed by atoms with Crippen molar-refractivity contribution < 1.29 is 13.2 Å². The number of alkyl halides is 3. The van der Waals surface area contributed by atoms with Crippen molar-refractivity contribution in [3.05, 3.63) is 96.1 Å². The molecule has 0 spiro atoms. The van der Waals surface area contributed by atoms with Gasteiger partial charge in [-0.1, -0.05) is 36.4 Å². The summed E-state index contributed by atoms with van der Waals surface area (Å²) in [6.45, 7) is 0.647. The lowest BCUT2D eigenvalue weighted by atomic mass is 10.1. The number of fused-ring (bicyclic) bond motifs is 2. The van der Waals surface area contributed by atoms with Crippen molar-refractivity contribution in [2.45, 2.75) is 19.3 Å². The highest BCUT2D eigenvalue weighted by molar-refractivity contribution is 5.85. The number of hydrogen-bond donors (Lipinski definition) is 3. The van der Waals surface area contributed by atoms with Crippen LogP contribution in [0.1, 0.15) is 17.0 Å². The topological polar surface area (TPSA) is 110 Å². The highest BCUT2D eigenvalue weighted by atomic mass is 19.4. The highest BCUT2D eigenvalue weighted by Crippen LogP contribution is 2.30. The second-order valence-corrected chi connectivity index (χ2v) is 8.81. The van der Waals surface area contributed by atoms with Gasteiger partial charge >= 0.3 is 6.18 Å². The Morgan fingerprint density at radius 3 is 2.50 bits per heavy atom. The van der Waals surface area contributed by atoms with Crippen LogP contribution in [0, 0.1) is 0 Å². The van der Waals surface area contributed by atoms with Gasteiger partial charge in [0, 0.05) is 11.3 Å². The van der Waals surface area contributed by atoms with Gasteiger partial charge in [0.25, 0.3) is 0 Å². The van der Waals surface area contributed by atoms with E-state index in [-0.39, 0.29) is 6.54 Å². The Morgan fingerprint density at radius 2 is 1.74 bits per heavy atom. The van der Waals surface area contributed by atoms with Gasteiger partial charge in [0.1, 0.15) is 11.3 Å². The molecule has 0 atom stereocenters. The van der Waals surface area contributed by atoms with Crippen molar-refractivity contribution in [1.82, 2.24) is 29.5 Å². The third kappa shape index (κ3) is 4.61. The predicted octanol–water partition coefficient (Wildman–Crippen LogP) is 5.63. The number of nitrogen functional groups attached to an aromatic ring is 1. The minimum Gasteiger partial charge on any atom is -0.399 e. The van der Waals surface area contributed by atoms with Crippen LogP contribution in [0.4, 0.5) is 24.7 Å². The van der Waals surface area contributed by atoms with E-state index in [0.717, 1.165) is 34.6 Å². The number of anilines is 2. The molecule has 38 heavy (non-hydrogen) atoms. The molecular formula is C27H21F3N8. The molecule has 3 aromatic heterocycles. The number of rotatable bonds is 6. The van der Waals surface area contributed by atoms with Crippen LogP contribution in [0.5, 0.6) is 0 Å². The smallest absolute Gasteiger partial charge is 0.399 e. The average Bonchev–Trinajstić information content (AvgIpc) is 3.51. The summed E-state index contributed by atoms with van der Waals surface area (Å²) >= 11 is 0. The standard InChI is InChI=1S/C27H21F3N8/c28-27(29,30)18-10-8-16(9-11-18)14-38-15-33-23-25(32-13-22-34-20-6-1-2-7-21(20)35-22)36-24(37-26(23)38)17-4-3-5-19(31)12-17/h1-12,15H,13-14,31H2,(H,34,35)(H,32,36,37). The Labute approximate surface area is 214 Å². The first-order chi connectivity index (χ1) is 18.3. The van der Waals surface area contributed by atoms with Crippen molar-refractivity contribution in [1.29, 1.82) is 0 Å². The summed E-state index contributed by atoms with van der Waals surface area (Å²) in [7, 11) is 0. The molecule has 3 aromatic carbocycles. The minimum absolute atomic E-state index is 0.283. The van der Waals surface area contributed by atoms with Gasteiger partial charge < -0.3 is 20.6 Å². The molecule has 0 radical (unpaired) electrons. The van der Waals surface area contributed by atoms with Gasteiger partial charge in [-0.3, -0.25) is 0 Å². The van der Waals surface area contributed by atoms with E-state index >= 15 is 0 Å². The van der Waals surface area contributed by atoms with Gasteiger partial charge in [0.15, 0.2) is 17.3 Å². The molecule has 0 saturated heterocycles. The van der Waals surface area contributed by atoms with Crippen LogP contribution in [-0.4, -0.2) is 29.5 Å². The number of hydrogen-bond acceptors (Lipinski definition) is 6. The third-order valence-corrected chi connectivity index (χ3v) is 6.10. The number of H-pyrrole nitrogens is 1. The van der Waals surface area contributed by atoms with E-state index in [1.165, 1.54) is 12.1 Å². The number of aromatic nitrogens is 6. The Hall–Kier alpha value is -4.93. The number of imidazole rings is 2. The first-order valence-corrected chi connectivity index (χ1v) is 11.8. The molecule has 11 heteroatoms. The van der Waals surface area contributed by atoms with Crippen LogP contribution in [0.15, 0.2) is 79.1 Å². The SMILES string of the molecule is Nc1cccc(-c2nc(NCc3nc4ccccc4[nH]3)c3ncn(Cc4ccc(C(F)(F)F)cc4)c3n2)c1. The Kier molecular flexibility index (Phi) is 5.67. The first-order valence-electron chi connectivity index (χ1n) is 11.8. The van der Waals surface area contributed by atoms with Gasteiger partial charge in [-0.25, -0.2) is 19.9 Å². The second-order valence-electron chi connectivity index (χ2n) is 8.81. The van der Waals surface area contributed by atoms with Crippen LogP contribution in [0.3, 0.4) is 0 Å². The number of nitrogens with one attached hydrogen (secondary N) is 2. The Morgan fingerprint density at radius 1 is 0.921 bits per heavy atom. The van der Waals surface area contributed by atoms with E-state index in [4.69, 9.17) is 15.7 Å². The van der Waals surface area contributed by atoms with Gasteiger partial charge in [-0.05, 0) is 42.0 Å². The lowest BCUT2D eigenvalue weighted by Gasteiger charge is -2.10. The highest BCUT2D eigenvalue weighted by Gasteiger charge is 2.30. The number of nitrogens with zero attached hydrogens (tertiary/aromatic N) is 5. The summed E-state index contributed by atoms with van der Waals surface area (Å²) < 4.78 is 40.7. The summed E-state index contributed by atoms with van der Waals surface area (Å²) in [5.41, 5.74) is 10.1. The fourth-order valence-corrected chi connectivity index (χ4v) is 4.24. The summed E-state index contributed by atoms with van der Waals surface area (Å²) in [6, 6.07) is 20.0. The number of nitrogens with two attached hydrogens (primary N) is 1. The van der Waals surface area contributed by atoms with E-state index in [1.807, 2.05) is 36.4 Å². The zero-order valence-corrected chi connectivity index (χ0v) is 19.9. The molecule has 0 aliphatic carbocycles. The Bertz CT molecular complexity index is 1720. The van der Waals surface area contributed by atoms with E-state index < -0.39 is 11.7 Å². The molecule has 0 aliphatic rings. The first kappa shape index (κ1) is 23.5. The maximum atomic E-state index is 13.0. The van der Waals surface area contributed by atoms with Crippen LogP contribution in [0.25, 0.3) is 33.6 Å². The fraction of sp³-hybridized carbons (Fsp3) is 0.111. The normalized spacial score (nSPS) is 11.9. The van der Waals surface area contributed by atoms with Crippen molar-refractivity contribution >= 4 is 33.7 Å². The molecule has 6 rings (SSSR count). The molecule has 0 amide bonds. The molecule has 6 aromatic rings. The summed E-state index contributed by atoms with van der Waals surface area (Å²) in [6.07, 6.45) is -2.78. The molecular weight excluding hydrogens is 493 g/mol. The minimum atomic E-state index is -4.39. The van der Waals surface area contributed by atoms with Crippen molar-refractivity contribution in [2.75, 3.05) is 11.1 Å².